The Morgan fingerprint density at radius 3 is 1.61 bits per heavy atom. The monoisotopic (exact) mass is 987 g/mol. The Morgan fingerprint density at radius 1 is 0.500 bits per heavy atom. The Morgan fingerprint density at radius 2 is 1.03 bits per heavy atom. The number of aryl methyl sites for hydroxylation is 2. The van der Waals surface area contributed by atoms with E-state index in [1.54, 1.807) is 0 Å². The van der Waals surface area contributed by atoms with Gasteiger partial charge in [0.15, 0.2) is 0 Å². The predicted molar refractivity (Wildman–Crippen MR) is 319 cm³/mol. The largest absolute Gasteiger partial charge is 0.457 e. The van der Waals surface area contributed by atoms with E-state index in [-0.39, 0.29) is 28.4 Å². The molecule has 0 atom stereocenters. The molecule has 0 amide bonds. The summed E-state index contributed by atoms with van der Waals surface area (Å²) in [5.41, 5.74) is 20.3. The fourth-order valence-electron chi connectivity index (χ4n) is 11.5. The molecule has 6 heteroatoms. The summed E-state index contributed by atoms with van der Waals surface area (Å²) in [6, 6.07) is 57.4. The maximum absolute atomic E-state index is 7.49. The molecule has 12 rings (SSSR count). The van der Waals surface area contributed by atoms with Crippen LogP contribution < -0.4 is 30.2 Å². The molecule has 4 heterocycles. The van der Waals surface area contributed by atoms with Crippen LogP contribution in [0.25, 0.3) is 43.2 Å². The Labute approximate surface area is 442 Å². The molecule has 2 aliphatic heterocycles. The highest BCUT2D eigenvalue weighted by molar-refractivity contribution is 7.33. The van der Waals surface area contributed by atoms with Gasteiger partial charge in [-0.05, 0) is 153 Å². The predicted octanol–water partition coefficient (Wildman–Crippen LogP) is 18.1. The van der Waals surface area contributed by atoms with Crippen LogP contribution in [0.5, 0.6) is 11.5 Å². The van der Waals surface area contributed by atoms with Gasteiger partial charge in [-0.2, -0.15) is 0 Å². The van der Waals surface area contributed by atoms with Crippen molar-refractivity contribution in [1.82, 2.24) is 0 Å². The highest BCUT2D eigenvalue weighted by Gasteiger charge is 2.47. The van der Waals surface area contributed by atoms with Crippen LogP contribution >= 0.6 is 11.3 Å². The van der Waals surface area contributed by atoms with Gasteiger partial charge < -0.3 is 19.0 Å². The van der Waals surface area contributed by atoms with Crippen molar-refractivity contribution in [1.29, 1.82) is 0 Å². The zero-order valence-corrected chi connectivity index (χ0v) is 46.4. The van der Waals surface area contributed by atoms with Crippen molar-refractivity contribution in [3.05, 3.63) is 185 Å². The first kappa shape index (κ1) is 48.0. The number of thiophene rings is 1. The molecule has 0 fully saturated rings. The molecule has 0 radical (unpaired) electrons. The van der Waals surface area contributed by atoms with Crippen molar-refractivity contribution >= 4 is 99.9 Å². The standard InChI is InChI=1S/C68H67BN2O2S/c1-40-33-41(2)35-42(34-40)43-36-54-60-57(37-43)73-62-52-38-47(68(12,13)14)25-32-58(52)74-64(62)69(60)61-55(71(54)50-30-23-46(24-31-50)67(9,10)11)39-53(59-51-17-15-16-18-56(51)72-63(59)61)70(48-26-19-44(20-27-48)65(3,4)5)49-28-21-45(22-29-49)66(6,7)8/h15-39H,1-14H3. The van der Waals surface area contributed by atoms with Crippen LogP contribution in [0.2, 0.25) is 0 Å². The lowest BCUT2D eigenvalue weighted by Gasteiger charge is -2.40. The minimum Gasteiger partial charge on any atom is -0.457 e. The van der Waals surface area contributed by atoms with E-state index in [0.717, 1.165) is 89.4 Å². The van der Waals surface area contributed by atoms with Crippen molar-refractivity contribution in [2.45, 2.75) is 119 Å². The molecule has 0 aliphatic carbocycles. The molecule has 0 unspecified atom stereocenters. The lowest BCUT2D eigenvalue weighted by Crippen LogP contribution is -2.58. The van der Waals surface area contributed by atoms with Gasteiger partial charge >= 0.3 is 0 Å². The molecule has 8 aromatic carbocycles. The molecule has 2 aromatic heterocycles. The highest BCUT2D eigenvalue weighted by Crippen LogP contribution is 2.52. The summed E-state index contributed by atoms with van der Waals surface area (Å²) in [5, 5.41) is 3.33. The molecule has 4 nitrogen and oxygen atoms in total. The Hall–Kier alpha value is -7.02. The van der Waals surface area contributed by atoms with Gasteiger partial charge in [-0.3, -0.25) is 0 Å². The van der Waals surface area contributed by atoms with E-state index >= 15 is 0 Å². The molecular weight excluding hydrogens is 920 g/mol. The third-order valence-electron chi connectivity index (χ3n) is 15.6. The number of fused-ring (bicyclic) bond motifs is 10. The molecule has 0 saturated carbocycles. The molecule has 0 spiro atoms. The second-order valence-electron chi connectivity index (χ2n) is 25.3. The van der Waals surface area contributed by atoms with Gasteiger partial charge in [0, 0.05) is 48.7 Å². The van der Waals surface area contributed by atoms with Crippen molar-refractivity contribution in [2.24, 2.45) is 0 Å². The highest BCUT2D eigenvalue weighted by atomic mass is 32.1. The zero-order valence-electron chi connectivity index (χ0n) is 45.6. The normalized spacial score (nSPS) is 13.6. The second kappa shape index (κ2) is 16.7. The van der Waals surface area contributed by atoms with Crippen molar-refractivity contribution in [2.75, 3.05) is 9.80 Å². The number of furan rings is 1. The maximum atomic E-state index is 7.49. The average Bonchev–Trinajstić information content (AvgIpc) is 3.95. The van der Waals surface area contributed by atoms with Crippen LogP contribution in [0.3, 0.4) is 0 Å². The second-order valence-corrected chi connectivity index (χ2v) is 26.4. The summed E-state index contributed by atoms with van der Waals surface area (Å²) in [6.45, 7) is 31.7. The summed E-state index contributed by atoms with van der Waals surface area (Å²) in [4.78, 5) is 4.99. The molecular formula is C68H67BN2O2S. The molecule has 0 saturated heterocycles. The topological polar surface area (TPSA) is 28.9 Å². The van der Waals surface area contributed by atoms with Gasteiger partial charge in [0.2, 0.25) is 0 Å². The first-order chi connectivity index (χ1) is 35.0. The van der Waals surface area contributed by atoms with Crippen molar-refractivity contribution < 1.29 is 9.15 Å². The Kier molecular flexibility index (Phi) is 10.9. The zero-order chi connectivity index (χ0) is 52.0. The summed E-state index contributed by atoms with van der Waals surface area (Å²) >= 11 is 1.86. The van der Waals surface area contributed by atoms with Crippen molar-refractivity contribution in [3.8, 4) is 22.6 Å². The van der Waals surface area contributed by atoms with Crippen LogP contribution in [0.15, 0.2) is 156 Å². The summed E-state index contributed by atoms with van der Waals surface area (Å²) in [5.74, 6) is 1.82. The molecule has 0 N–H and O–H groups in total. The van der Waals surface area contributed by atoms with Gasteiger partial charge in [0.1, 0.15) is 22.7 Å². The number of nitrogens with zero attached hydrogens (tertiary/aromatic N) is 2. The van der Waals surface area contributed by atoms with Gasteiger partial charge in [-0.1, -0.05) is 173 Å². The van der Waals surface area contributed by atoms with E-state index in [9.17, 15) is 0 Å². The lowest BCUT2D eigenvalue weighted by molar-refractivity contribution is 0.494. The van der Waals surface area contributed by atoms with Crippen LogP contribution in [-0.4, -0.2) is 6.71 Å². The van der Waals surface area contributed by atoms with E-state index in [2.05, 4.69) is 258 Å². The number of benzene rings is 8. The van der Waals surface area contributed by atoms with Crippen LogP contribution in [0, 0.1) is 13.8 Å². The summed E-state index contributed by atoms with van der Waals surface area (Å²) < 4.78 is 17.4. The molecule has 370 valence electrons. The van der Waals surface area contributed by atoms with E-state index in [1.807, 2.05) is 11.3 Å². The van der Waals surface area contributed by atoms with Crippen LogP contribution in [-0.2, 0) is 21.7 Å². The van der Waals surface area contributed by atoms with Crippen LogP contribution in [0.1, 0.15) is 116 Å². The Bertz CT molecular complexity index is 3790. The molecule has 0 bridgehead atoms. The summed E-state index contributed by atoms with van der Waals surface area (Å²) in [7, 11) is 0. The quantitative estimate of drug-likeness (QED) is 0.161. The summed E-state index contributed by atoms with van der Waals surface area (Å²) in [6.07, 6.45) is 0. The van der Waals surface area contributed by atoms with Gasteiger partial charge in [-0.15, -0.1) is 11.3 Å². The number of ether oxygens (including phenoxy) is 1. The first-order valence-corrected chi connectivity index (χ1v) is 27.2. The Balaban J connectivity index is 1.23. The SMILES string of the molecule is Cc1cc(C)cc(-c2cc3c4c(c2)N(c2ccc(C(C)(C)C)cc2)c2cc(N(c5ccc(C(C)(C)C)cc5)c5ccc(C(C)(C)C)cc5)c5c(oc6ccccc65)c2B4c2sc4ccc(C(C)(C)C)cc4c2O3)c1. The smallest absolute Gasteiger partial charge is 0.273 e. The number of para-hydroxylation sites is 1. The number of hydrogen-bond acceptors (Lipinski definition) is 5. The van der Waals surface area contributed by atoms with E-state index in [4.69, 9.17) is 9.15 Å². The minimum absolute atomic E-state index is 0.00762. The molecule has 74 heavy (non-hydrogen) atoms. The van der Waals surface area contributed by atoms with Crippen LogP contribution in [0.4, 0.5) is 34.1 Å². The number of hydrogen-bond donors (Lipinski definition) is 0. The lowest BCUT2D eigenvalue weighted by atomic mass is 9.36. The fourth-order valence-corrected chi connectivity index (χ4v) is 12.8. The minimum atomic E-state index is -0.199. The molecule has 2 aliphatic rings. The first-order valence-electron chi connectivity index (χ1n) is 26.4. The van der Waals surface area contributed by atoms with Gasteiger partial charge in [-0.25, -0.2) is 0 Å². The van der Waals surface area contributed by atoms with Gasteiger partial charge in [0.25, 0.3) is 6.71 Å². The van der Waals surface area contributed by atoms with E-state index in [1.165, 1.54) is 48.4 Å². The fraction of sp³-hybridized carbons (Fsp3) is 0.265. The number of anilines is 6. The van der Waals surface area contributed by atoms with Crippen molar-refractivity contribution in [3.63, 3.8) is 0 Å². The van der Waals surface area contributed by atoms with E-state index < -0.39 is 0 Å². The molecule has 10 aromatic rings. The van der Waals surface area contributed by atoms with E-state index in [0.29, 0.717) is 0 Å². The maximum Gasteiger partial charge on any atom is 0.273 e. The third-order valence-corrected chi connectivity index (χ3v) is 16.8. The van der Waals surface area contributed by atoms with Gasteiger partial charge in [0.05, 0.1) is 11.1 Å². The third kappa shape index (κ3) is 7.95. The average molecular weight is 987 g/mol. The number of rotatable bonds is 5.